The number of hydrogen-bond acceptors (Lipinski definition) is 3. The van der Waals surface area contributed by atoms with Crippen molar-refractivity contribution in [2.24, 2.45) is 0 Å². The van der Waals surface area contributed by atoms with Gasteiger partial charge in [-0.25, -0.2) is 9.37 Å². The second-order valence-corrected chi connectivity index (χ2v) is 3.98. The van der Waals surface area contributed by atoms with Crippen LogP contribution in [0.1, 0.15) is 15.9 Å². The lowest BCUT2D eigenvalue weighted by atomic mass is 10.2. The molecule has 0 aromatic carbocycles. The predicted molar refractivity (Wildman–Crippen MR) is 64.2 cm³/mol. The largest absolute Gasteiger partial charge is 0.337 e. The van der Waals surface area contributed by atoms with Crippen molar-refractivity contribution in [2.45, 2.75) is 6.54 Å². The van der Waals surface area contributed by atoms with Crippen LogP contribution in [0, 0.1) is 11.8 Å². The first kappa shape index (κ1) is 13.1. The van der Waals surface area contributed by atoms with Crippen molar-refractivity contribution < 1.29 is 13.6 Å². The molecule has 0 fully saturated rings. The normalized spacial score (nSPS) is 10.3. The fourth-order valence-electron chi connectivity index (χ4n) is 1.62. The monoisotopic (exact) mass is 263 g/mol. The first-order chi connectivity index (χ1) is 9.09. The summed E-state index contributed by atoms with van der Waals surface area (Å²) in [7, 11) is 1.51. The van der Waals surface area contributed by atoms with E-state index in [0.717, 1.165) is 17.8 Å². The number of nitrogens with zero attached hydrogens (tertiary/aromatic N) is 3. The van der Waals surface area contributed by atoms with Crippen LogP contribution in [0.3, 0.4) is 0 Å². The van der Waals surface area contributed by atoms with Gasteiger partial charge in [-0.2, -0.15) is 4.39 Å². The molecule has 0 bridgehead atoms. The van der Waals surface area contributed by atoms with Gasteiger partial charge in [-0.05, 0) is 23.8 Å². The summed E-state index contributed by atoms with van der Waals surface area (Å²) in [4.78, 5) is 20.3. The van der Waals surface area contributed by atoms with Gasteiger partial charge in [0, 0.05) is 32.2 Å². The Morgan fingerprint density at radius 3 is 2.58 bits per heavy atom. The van der Waals surface area contributed by atoms with Crippen LogP contribution in [0.15, 0.2) is 36.8 Å². The smallest absolute Gasteiger partial charge is 0.257 e. The van der Waals surface area contributed by atoms with Crippen LogP contribution in [-0.2, 0) is 6.54 Å². The molecular weight excluding hydrogens is 252 g/mol. The van der Waals surface area contributed by atoms with Crippen molar-refractivity contribution in [3.05, 3.63) is 59.7 Å². The number of carbonyl (C=O) groups excluding carboxylic acids is 1. The summed E-state index contributed by atoms with van der Waals surface area (Å²) in [5, 5.41) is 0. The minimum atomic E-state index is -1.27. The van der Waals surface area contributed by atoms with E-state index in [2.05, 4.69) is 9.97 Å². The summed E-state index contributed by atoms with van der Waals surface area (Å²) in [5.74, 6) is -3.10. The van der Waals surface area contributed by atoms with Gasteiger partial charge in [-0.3, -0.25) is 9.78 Å². The zero-order chi connectivity index (χ0) is 13.8. The minimum absolute atomic E-state index is 0.282. The number of halogens is 2. The molecule has 2 rings (SSSR count). The molecule has 0 aliphatic carbocycles. The third-order valence-electron chi connectivity index (χ3n) is 2.59. The van der Waals surface area contributed by atoms with Crippen LogP contribution in [0.5, 0.6) is 0 Å². The molecule has 19 heavy (non-hydrogen) atoms. The number of amides is 1. The Labute approximate surface area is 108 Å². The second-order valence-electron chi connectivity index (χ2n) is 3.98. The number of rotatable bonds is 3. The van der Waals surface area contributed by atoms with Crippen LogP contribution < -0.4 is 0 Å². The van der Waals surface area contributed by atoms with Crippen LogP contribution in [0.4, 0.5) is 8.78 Å². The Bertz CT molecular complexity index is 590. The summed E-state index contributed by atoms with van der Waals surface area (Å²) in [6.07, 6.45) is 4.26. The summed E-state index contributed by atoms with van der Waals surface area (Å²) in [6.45, 7) is 0.282. The molecule has 1 amide bonds. The van der Waals surface area contributed by atoms with Gasteiger partial charge in [0.25, 0.3) is 5.91 Å². The average molecular weight is 263 g/mol. The molecule has 4 nitrogen and oxygen atoms in total. The van der Waals surface area contributed by atoms with Gasteiger partial charge < -0.3 is 4.90 Å². The maximum atomic E-state index is 13.5. The highest BCUT2D eigenvalue weighted by atomic mass is 19.2. The minimum Gasteiger partial charge on any atom is -0.337 e. The first-order valence-electron chi connectivity index (χ1n) is 5.54. The van der Waals surface area contributed by atoms with Crippen molar-refractivity contribution in [2.75, 3.05) is 7.05 Å². The van der Waals surface area contributed by atoms with Gasteiger partial charge in [-0.15, -0.1) is 0 Å². The van der Waals surface area contributed by atoms with E-state index < -0.39 is 17.7 Å². The summed E-state index contributed by atoms with van der Waals surface area (Å²) < 4.78 is 26.4. The lowest BCUT2D eigenvalue weighted by molar-refractivity contribution is 0.0779. The molecule has 0 unspecified atom stereocenters. The van der Waals surface area contributed by atoms with Crippen molar-refractivity contribution >= 4 is 5.91 Å². The first-order valence-corrected chi connectivity index (χ1v) is 5.54. The van der Waals surface area contributed by atoms with E-state index in [1.165, 1.54) is 11.9 Å². The standard InChI is InChI=1S/C13H11F2N3O/c1-18(8-9-2-5-16-6-3-9)13(19)10-4-7-17-12(15)11(10)14/h2-7H,8H2,1H3. The fourth-order valence-corrected chi connectivity index (χ4v) is 1.62. The Morgan fingerprint density at radius 1 is 1.21 bits per heavy atom. The second kappa shape index (κ2) is 5.51. The van der Waals surface area contributed by atoms with Crippen molar-refractivity contribution in [3.63, 3.8) is 0 Å². The van der Waals surface area contributed by atoms with E-state index in [9.17, 15) is 13.6 Å². The highest BCUT2D eigenvalue weighted by molar-refractivity contribution is 5.94. The third-order valence-corrected chi connectivity index (χ3v) is 2.59. The lowest BCUT2D eigenvalue weighted by Gasteiger charge is -2.17. The molecular formula is C13H11F2N3O. The quantitative estimate of drug-likeness (QED) is 0.796. The Hall–Kier alpha value is -2.37. The SMILES string of the molecule is CN(Cc1ccncc1)C(=O)c1ccnc(F)c1F. The molecule has 0 N–H and O–H groups in total. The van der Waals surface area contributed by atoms with Crippen molar-refractivity contribution in [1.29, 1.82) is 0 Å². The summed E-state index contributed by atoms with van der Waals surface area (Å²) in [5.41, 5.74) is 0.518. The number of carbonyl (C=O) groups is 1. The topological polar surface area (TPSA) is 46.1 Å². The predicted octanol–water partition coefficient (Wildman–Crippen LogP) is 2.03. The van der Waals surface area contributed by atoms with Gasteiger partial charge in [0.1, 0.15) is 0 Å². The third kappa shape index (κ3) is 2.90. The van der Waals surface area contributed by atoms with Crippen LogP contribution in [0.2, 0.25) is 0 Å². The van der Waals surface area contributed by atoms with Crippen molar-refractivity contribution in [1.82, 2.24) is 14.9 Å². The van der Waals surface area contributed by atoms with Gasteiger partial charge >= 0.3 is 0 Å². The molecule has 0 aliphatic rings. The molecule has 0 saturated carbocycles. The van der Waals surface area contributed by atoms with E-state index in [4.69, 9.17) is 0 Å². The van der Waals surface area contributed by atoms with Gasteiger partial charge in [-0.1, -0.05) is 0 Å². The molecule has 2 aromatic rings. The van der Waals surface area contributed by atoms with Crippen LogP contribution in [0.25, 0.3) is 0 Å². The van der Waals surface area contributed by atoms with Crippen LogP contribution >= 0.6 is 0 Å². The summed E-state index contributed by atoms with van der Waals surface area (Å²) in [6, 6.07) is 4.64. The van der Waals surface area contributed by atoms with E-state index in [1.807, 2.05) is 0 Å². The molecule has 98 valence electrons. The highest BCUT2D eigenvalue weighted by Crippen LogP contribution is 2.12. The molecule has 0 saturated heterocycles. The molecule has 2 aromatic heterocycles. The molecule has 0 radical (unpaired) electrons. The molecule has 0 atom stereocenters. The van der Waals surface area contributed by atoms with E-state index in [-0.39, 0.29) is 12.1 Å². The molecule has 2 heterocycles. The number of hydrogen-bond donors (Lipinski definition) is 0. The fraction of sp³-hybridized carbons (Fsp3) is 0.154. The summed E-state index contributed by atoms with van der Waals surface area (Å²) >= 11 is 0. The average Bonchev–Trinajstić information content (AvgIpc) is 2.42. The highest BCUT2D eigenvalue weighted by Gasteiger charge is 2.19. The van der Waals surface area contributed by atoms with Gasteiger partial charge in [0.05, 0.1) is 5.56 Å². The number of aromatic nitrogens is 2. The van der Waals surface area contributed by atoms with E-state index >= 15 is 0 Å². The maximum Gasteiger partial charge on any atom is 0.257 e. The molecule has 0 spiro atoms. The van der Waals surface area contributed by atoms with Crippen LogP contribution in [-0.4, -0.2) is 27.8 Å². The Balaban J connectivity index is 2.18. The number of pyridine rings is 2. The zero-order valence-corrected chi connectivity index (χ0v) is 10.2. The van der Waals surface area contributed by atoms with Crippen molar-refractivity contribution in [3.8, 4) is 0 Å². The zero-order valence-electron chi connectivity index (χ0n) is 10.2. The maximum absolute atomic E-state index is 13.5. The van der Waals surface area contributed by atoms with E-state index in [1.54, 1.807) is 24.5 Å². The lowest BCUT2D eigenvalue weighted by Crippen LogP contribution is -2.27. The van der Waals surface area contributed by atoms with Gasteiger partial charge in [0.2, 0.25) is 5.95 Å². The van der Waals surface area contributed by atoms with E-state index in [0.29, 0.717) is 0 Å². The Morgan fingerprint density at radius 2 is 1.89 bits per heavy atom. The molecule has 6 heteroatoms. The molecule has 0 aliphatic heterocycles. The Kier molecular flexibility index (Phi) is 3.79. The van der Waals surface area contributed by atoms with Gasteiger partial charge in [0.15, 0.2) is 5.82 Å².